The first-order valence-electron chi connectivity index (χ1n) is 18.1. The monoisotopic (exact) mass is 688 g/mol. The second kappa shape index (κ2) is 13.4. The van der Waals surface area contributed by atoms with Crippen molar-refractivity contribution in [3.05, 3.63) is 194 Å². The van der Waals surface area contributed by atoms with Gasteiger partial charge in [-0.05, 0) is 69.4 Å². The smallest absolute Gasteiger partial charge is 0.161 e. The minimum absolute atomic E-state index is 0.678. The summed E-state index contributed by atoms with van der Waals surface area (Å²) in [5, 5.41) is 4.44. The fraction of sp³-hybridized carbons (Fsp3) is 0. The second-order valence-corrected chi connectivity index (χ2v) is 13.5. The minimum Gasteiger partial charge on any atom is -0.256 e. The Balaban J connectivity index is 1.22. The highest BCUT2D eigenvalue weighted by atomic mass is 14.9. The molecule has 252 valence electrons. The van der Waals surface area contributed by atoms with Crippen molar-refractivity contribution in [2.75, 3.05) is 0 Å². The lowest BCUT2D eigenvalue weighted by atomic mass is 9.92. The predicted molar refractivity (Wildman–Crippen MR) is 223 cm³/mol. The Morgan fingerprint density at radius 3 is 1.44 bits per heavy atom. The van der Waals surface area contributed by atoms with Crippen molar-refractivity contribution in [3.8, 4) is 67.3 Å². The molecule has 4 nitrogen and oxygen atoms in total. The fourth-order valence-corrected chi connectivity index (χ4v) is 7.51. The van der Waals surface area contributed by atoms with Crippen LogP contribution in [-0.4, -0.2) is 19.9 Å². The summed E-state index contributed by atoms with van der Waals surface area (Å²) < 4.78 is 0. The highest BCUT2D eigenvalue weighted by molar-refractivity contribution is 5.99. The Bertz CT molecular complexity index is 2880. The molecular formula is C50H32N4. The van der Waals surface area contributed by atoms with E-state index in [2.05, 4.69) is 164 Å². The van der Waals surface area contributed by atoms with Crippen LogP contribution in [-0.2, 0) is 0 Å². The van der Waals surface area contributed by atoms with Crippen LogP contribution in [0.25, 0.3) is 99.9 Å². The first-order valence-corrected chi connectivity index (χ1v) is 18.1. The summed E-state index contributed by atoms with van der Waals surface area (Å²) >= 11 is 0. The van der Waals surface area contributed by atoms with Gasteiger partial charge in [0, 0.05) is 51.0 Å². The Labute approximate surface area is 313 Å². The van der Waals surface area contributed by atoms with Gasteiger partial charge < -0.3 is 0 Å². The number of benzene rings is 7. The van der Waals surface area contributed by atoms with Crippen LogP contribution >= 0.6 is 0 Å². The van der Waals surface area contributed by atoms with Crippen molar-refractivity contribution in [3.63, 3.8) is 0 Å². The maximum atomic E-state index is 5.37. The van der Waals surface area contributed by atoms with Gasteiger partial charge in [0.05, 0.1) is 22.4 Å². The average molecular weight is 689 g/mol. The molecular weight excluding hydrogens is 657 g/mol. The first kappa shape index (κ1) is 31.4. The fourth-order valence-electron chi connectivity index (χ4n) is 7.51. The van der Waals surface area contributed by atoms with Crippen LogP contribution in [0.1, 0.15) is 0 Å². The molecule has 54 heavy (non-hydrogen) atoms. The van der Waals surface area contributed by atoms with E-state index >= 15 is 0 Å². The third-order valence-corrected chi connectivity index (χ3v) is 10.2. The molecule has 0 bridgehead atoms. The lowest BCUT2D eigenvalue weighted by Crippen LogP contribution is -1.97. The molecule has 0 fully saturated rings. The molecule has 0 N–H and O–H groups in total. The maximum Gasteiger partial charge on any atom is 0.161 e. The number of hydrogen-bond donors (Lipinski definition) is 0. The molecule has 4 heteroatoms. The molecule has 0 saturated heterocycles. The van der Waals surface area contributed by atoms with E-state index in [4.69, 9.17) is 19.9 Å². The highest BCUT2D eigenvalue weighted by Gasteiger charge is 2.17. The summed E-state index contributed by atoms with van der Waals surface area (Å²) in [7, 11) is 0. The van der Waals surface area contributed by atoms with Gasteiger partial charge >= 0.3 is 0 Å². The van der Waals surface area contributed by atoms with Crippen LogP contribution in [0.4, 0.5) is 0 Å². The van der Waals surface area contributed by atoms with Crippen molar-refractivity contribution in [1.82, 2.24) is 19.9 Å². The molecule has 0 atom stereocenters. The summed E-state index contributed by atoms with van der Waals surface area (Å²) in [6.45, 7) is 0. The SMILES string of the molecule is c1ccc(-c2ccc(-c3cc(-c4cc(-c5cccc6cccnc56)cc(-c5cccc6cccnc56)c4)nc(-c4cccc5ccccc45)n3)cc2)cc1. The van der Waals surface area contributed by atoms with E-state index in [9.17, 15) is 0 Å². The van der Waals surface area contributed by atoms with Crippen molar-refractivity contribution < 1.29 is 0 Å². The number of fused-ring (bicyclic) bond motifs is 3. The van der Waals surface area contributed by atoms with E-state index in [1.165, 1.54) is 5.56 Å². The van der Waals surface area contributed by atoms with E-state index in [0.29, 0.717) is 5.82 Å². The molecule has 0 radical (unpaired) electrons. The lowest BCUT2D eigenvalue weighted by Gasteiger charge is -2.15. The zero-order chi connectivity index (χ0) is 35.8. The van der Waals surface area contributed by atoms with Gasteiger partial charge in [0.2, 0.25) is 0 Å². The Kier molecular flexibility index (Phi) is 7.77. The first-order chi connectivity index (χ1) is 26.7. The molecule has 0 unspecified atom stereocenters. The van der Waals surface area contributed by atoms with E-state index in [-0.39, 0.29) is 0 Å². The summed E-state index contributed by atoms with van der Waals surface area (Å²) in [5.41, 5.74) is 13.2. The molecule has 0 saturated carbocycles. The number of pyridine rings is 2. The molecule has 0 amide bonds. The average Bonchev–Trinajstić information content (AvgIpc) is 3.26. The van der Waals surface area contributed by atoms with Crippen LogP contribution in [0.3, 0.4) is 0 Å². The lowest BCUT2D eigenvalue weighted by molar-refractivity contribution is 1.19. The maximum absolute atomic E-state index is 5.37. The molecule has 10 rings (SSSR count). The number of hydrogen-bond acceptors (Lipinski definition) is 4. The predicted octanol–water partition coefficient (Wildman–Crippen LogP) is 12.7. The summed E-state index contributed by atoms with van der Waals surface area (Å²) in [6.07, 6.45) is 3.73. The van der Waals surface area contributed by atoms with Gasteiger partial charge in [0.25, 0.3) is 0 Å². The summed E-state index contributed by atoms with van der Waals surface area (Å²) in [4.78, 5) is 20.3. The van der Waals surface area contributed by atoms with Crippen molar-refractivity contribution >= 4 is 32.6 Å². The van der Waals surface area contributed by atoms with Crippen LogP contribution in [0.2, 0.25) is 0 Å². The largest absolute Gasteiger partial charge is 0.256 e. The number of rotatable bonds is 6. The topological polar surface area (TPSA) is 51.6 Å². The molecule has 0 aliphatic carbocycles. The molecule has 3 aromatic heterocycles. The third-order valence-electron chi connectivity index (χ3n) is 10.2. The Morgan fingerprint density at radius 1 is 0.296 bits per heavy atom. The molecule has 10 aromatic rings. The van der Waals surface area contributed by atoms with Crippen LogP contribution in [0.5, 0.6) is 0 Å². The third kappa shape index (κ3) is 5.76. The van der Waals surface area contributed by atoms with Gasteiger partial charge in [-0.25, -0.2) is 9.97 Å². The number of aromatic nitrogens is 4. The summed E-state index contributed by atoms with van der Waals surface area (Å²) in [6, 6.07) is 63.7. The normalized spacial score (nSPS) is 11.3. The van der Waals surface area contributed by atoms with Crippen LogP contribution in [0.15, 0.2) is 194 Å². The van der Waals surface area contributed by atoms with Crippen molar-refractivity contribution in [2.24, 2.45) is 0 Å². The summed E-state index contributed by atoms with van der Waals surface area (Å²) in [5.74, 6) is 0.678. The molecule has 0 spiro atoms. The van der Waals surface area contributed by atoms with Crippen molar-refractivity contribution in [2.45, 2.75) is 0 Å². The van der Waals surface area contributed by atoms with Crippen molar-refractivity contribution in [1.29, 1.82) is 0 Å². The molecule has 7 aromatic carbocycles. The highest BCUT2D eigenvalue weighted by Crippen LogP contribution is 2.39. The Hall–Kier alpha value is -7.30. The molecule has 0 aliphatic heterocycles. The number of para-hydroxylation sites is 2. The van der Waals surface area contributed by atoms with Gasteiger partial charge in [-0.2, -0.15) is 0 Å². The number of nitrogens with zero attached hydrogens (tertiary/aromatic N) is 4. The van der Waals surface area contributed by atoms with E-state index in [1.807, 2.05) is 30.6 Å². The Morgan fingerprint density at radius 2 is 0.778 bits per heavy atom. The zero-order valence-corrected chi connectivity index (χ0v) is 29.3. The van der Waals surface area contributed by atoms with Gasteiger partial charge in [-0.1, -0.05) is 146 Å². The van der Waals surface area contributed by atoms with E-state index in [0.717, 1.165) is 88.5 Å². The zero-order valence-electron chi connectivity index (χ0n) is 29.3. The van der Waals surface area contributed by atoms with Gasteiger partial charge in [-0.15, -0.1) is 0 Å². The van der Waals surface area contributed by atoms with Gasteiger partial charge in [0.15, 0.2) is 5.82 Å². The van der Waals surface area contributed by atoms with Gasteiger partial charge in [0.1, 0.15) is 0 Å². The molecule has 3 heterocycles. The van der Waals surface area contributed by atoms with Gasteiger partial charge in [-0.3, -0.25) is 9.97 Å². The molecule has 0 aliphatic rings. The standard InChI is InChI=1S/C50H32N4/c1-2-11-33(12-3-1)34-23-25-36(26-24-34)46-32-47(54-50(53-46)45-22-6-14-35-13-4-5-19-42(35)45)41-30-39(43-20-7-15-37-17-9-27-51-48(37)43)29-40(31-41)44-21-8-16-38-18-10-28-52-49(38)44/h1-32H. The van der Waals surface area contributed by atoms with Crippen LogP contribution in [0, 0.1) is 0 Å². The second-order valence-electron chi connectivity index (χ2n) is 13.5. The quantitative estimate of drug-likeness (QED) is 0.174. The van der Waals surface area contributed by atoms with E-state index < -0.39 is 0 Å². The minimum atomic E-state index is 0.678. The van der Waals surface area contributed by atoms with Crippen LogP contribution < -0.4 is 0 Å². The van der Waals surface area contributed by atoms with E-state index in [1.54, 1.807) is 0 Å².